The van der Waals surface area contributed by atoms with Crippen molar-refractivity contribution in [3.63, 3.8) is 0 Å². The summed E-state index contributed by atoms with van der Waals surface area (Å²) in [5, 5.41) is 1.71. The second-order valence-corrected chi connectivity index (χ2v) is 9.64. The molecule has 0 spiro atoms. The lowest BCUT2D eigenvalue weighted by atomic mass is 9.83. The third kappa shape index (κ3) is 4.16. The largest absolute Gasteiger partial charge is 0.444 e. The average Bonchev–Trinajstić information content (AvgIpc) is 3.39. The van der Waals surface area contributed by atoms with E-state index in [4.69, 9.17) is 38.7 Å². The number of nitrogens with two attached hydrogens (primary N) is 1. The van der Waals surface area contributed by atoms with Crippen LogP contribution in [0.1, 0.15) is 33.6 Å². The summed E-state index contributed by atoms with van der Waals surface area (Å²) in [5.41, 5.74) is 6.61. The number of primary amides is 1. The number of ether oxygens (including phenoxy) is 1. The standard InChI is InChI=1S/C22H25Cl2N5O2/c1-22(2,3)20(31-21(25)30)15-5-4-9-29(15)17-11-16(28-10-8-26-12-28)13-6-7-14(23)18(24)19(13)27-17/h6-8,10-12,15,20H,4-5,9H2,1-3H3,(H2,25,30). The number of aromatic nitrogens is 3. The highest BCUT2D eigenvalue weighted by molar-refractivity contribution is 6.45. The predicted molar refractivity (Wildman–Crippen MR) is 123 cm³/mol. The number of fused-ring (bicyclic) bond motifs is 1. The van der Waals surface area contributed by atoms with Crippen LogP contribution in [-0.2, 0) is 4.74 Å². The summed E-state index contributed by atoms with van der Waals surface area (Å²) in [6.45, 7) is 6.90. The smallest absolute Gasteiger partial charge is 0.404 e. The molecule has 164 valence electrons. The zero-order valence-corrected chi connectivity index (χ0v) is 19.2. The second kappa shape index (κ2) is 8.20. The number of amides is 1. The summed E-state index contributed by atoms with van der Waals surface area (Å²) < 4.78 is 7.51. The van der Waals surface area contributed by atoms with Crippen LogP contribution in [0.15, 0.2) is 36.9 Å². The molecular weight excluding hydrogens is 437 g/mol. The van der Waals surface area contributed by atoms with E-state index in [0.29, 0.717) is 15.6 Å². The molecule has 1 fully saturated rings. The Balaban J connectivity index is 1.87. The molecule has 0 bridgehead atoms. The second-order valence-electron chi connectivity index (χ2n) is 8.85. The van der Waals surface area contributed by atoms with Crippen molar-refractivity contribution in [3.8, 4) is 5.69 Å². The van der Waals surface area contributed by atoms with Crippen LogP contribution in [0, 0.1) is 5.41 Å². The van der Waals surface area contributed by atoms with Gasteiger partial charge >= 0.3 is 6.09 Å². The van der Waals surface area contributed by atoms with Crippen molar-refractivity contribution < 1.29 is 9.53 Å². The normalized spacial score (nSPS) is 17.8. The first-order valence-electron chi connectivity index (χ1n) is 10.2. The minimum Gasteiger partial charge on any atom is -0.444 e. The van der Waals surface area contributed by atoms with Crippen molar-refractivity contribution in [2.75, 3.05) is 11.4 Å². The number of hydrogen-bond acceptors (Lipinski definition) is 5. The number of rotatable bonds is 4. The van der Waals surface area contributed by atoms with E-state index < -0.39 is 12.2 Å². The third-order valence-electron chi connectivity index (χ3n) is 5.66. The molecule has 31 heavy (non-hydrogen) atoms. The van der Waals surface area contributed by atoms with E-state index in [1.807, 2.05) is 43.7 Å². The lowest BCUT2D eigenvalue weighted by Gasteiger charge is -2.39. The Morgan fingerprint density at radius 1 is 1.32 bits per heavy atom. The third-order valence-corrected chi connectivity index (χ3v) is 6.45. The summed E-state index contributed by atoms with van der Waals surface area (Å²) in [7, 11) is 0. The summed E-state index contributed by atoms with van der Waals surface area (Å²) in [5.74, 6) is 0.741. The van der Waals surface area contributed by atoms with Crippen molar-refractivity contribution in [1.29, 1.82) is 0 Å². The quantitative estimate of drug-likeness (QED) is 0.576. The fourth-order valence-electron chi connectivity index (χ4n) is 4.31. The Hall–Kier alpha value is -2.51. The highest BCUT2D eigenvalue weighted by Crippen LogP contribution is 2.39. The van der Waals surface area contributed by atoms with Gasteiger partial charge in [-0.05, 0) is 25.0 Å². The molecule has 2 aromatic heterocycles. The molecule has 3 aromatic rings. The first-order chi connectivity index (χ1) is 14.7. The zero-order valence-electron chi connectivity index (χ0n) is 17.7. The van der Waals surface area contributed by atoms with Crippen LogP contribution in [0.5, 0.6) is 0 Å². The Morgan fingerprint density at radius 3 is 2.74 bits per heavy atom. The van der Waals surface area contributed by atoms with Crippen LogP contribution < -0.4 is 10.6 Å². The van der Waals surface area contributed by atoms with Gasteiger partial charge < -0.3 is 19.9 Å². The number of carbonyl (C=O) groups is 1. The van der Waals surface area contributed by atoms with Gasteiger partial charge in [-0.1, -0.05) is 44.0 Å². The molecule has 2 atom stereocenters. The van der Waals surface area contributed by atoms with Crippen molar-refractivity contribution in [1.82, 2.24) is 14.5 Å². The maximum Gasteiger partial charge on any atom is 0.404 e. The molecule has 0 radical (unpaired) electrons. The van der Waals surface area contributed by atoms with Crippen LogP contribution in [-0.4, -0.2) is 39.3 Å². The summed E-state index contributed by atoms with van der Waals surface area (Å²) in [6.07, 6.45) is 5.97. The number of hydrogen-bond donors (Lipinski definition) is 1. The van der Waals surface area contributed by atoms with Gasteiger partial charge in [0.15, 0.2) is 0 Å². The Labute approximate surface area is 191 Å². The van der Waals surface area contributed by atoms with Crippen LogP contribution in [0.25, 0.3) is 16.6 Å². The highest BCUT2D eigenvalue weighted by atomic mass is 35.5. The first-order valence-corrected chi connectivity index (χ1v) is 10.9. The van der Waals surface area contributed by atoms with Gasteiger partial charge in [-0.25, -0.2) is 14.8 Å². The number of nitrogens with zero attached hydrogens (tertiary/aromatic N) is 4. The number of benzene rings is 1. The van der Waals surface area contributed by atoms with Gasteiger partial charge in [0.05, 0.1) is 33.6 Å². The van der Waals surface area contributed by atoms with Gasteiger partial charge in [0, 0.05) is 35.8 Å². The zero-order chi connectivity index (χ0) is 22.3. The number of halogens is 2. The number of imidazole rings is 1. The highest BCUT2D eigenvalue weighted by Gasteiger charge is 2.41. The fourth-order valence-corrected chi connectivity index (χ4v) is 4.67. The van der Waals surface area contributed by atoms with Gasteiger partial charge in [0.25, 0.3) is 0 Å². The van der Waals surface area contributed by atoms with Crippen molar-refractivity contribution in [3.05, 3.63) is 47.0 Å². The molecule has 4 rings (SSSR count). The van der Waals surface area contributed by atoms with Gasteiger partial charge in [0.1, 0.15) is 11.9 Å². The molecule has 1 aliphatic rings. The molecule has 1 aromatic carbocycles. The maximum absolute atomic E-state index is 11.6. The van der Waals surface area contributed by atoms with E-state index in [-0.39, 0.29) is 11.5 Å². The molecule has 0 saturated carbocycles. The lowest BCUT2D eigenvalue weighted by Crippen LogP contribution is -2.49. The van der Waals surface area contributed by atoms with E-state index in [0.717, 1.165) is 36.3 Å². The SMILES string of the molecule is CC(C)(C)C(OC(N)=O)C1CCCN1c1cc(-n2ccnc2)c2ccc(Cl)c(Cl)c2n1. The van der Waals surface area contributed by atoms with E-state index in [1.54, 1.807) is 18.6 Å². The molecule has 7 nitrogen and oxygen atoms in total. The van der Waals surface area contributed by atoms with Crippen LogP contribution in [0.2, 0.25) is 10.0 Å². The number of anilines is 1. The van der Waals surface area contributed by atoms with Gasteiger partial charge in [-0.15, -0.1) is 0 Å². The van der Waals surface area contributed by atoms with E-state index in [9.17, 15) is 4.79 Å². The molecule has 1 amide bonds. The molecule has 3 heterocycles. The average molecular weight is 462 g/mol. The molecule has 2 N–H and O–H groups in total. The minimum absolute atomic E-state index is 0.0638. The minimum atomic E-state index is -0.771. The number of carbonyl (C=O) groups excluding carboxylic acids is 1. The topological polar surface area (TPSA) is 86.3 Å². The van der Waals surface area contributed by atoms with Gasteiger partial charge in [-0.2, -0.15) is 0 Å². The molecule has 9 heteroatoms. The van der Waals surface area contributed by atoms with Crippen LogP contribution in [0.3, 0.4) is 0 Å². The summed E-state index contributed by atoms with van der Waals surface area (Å²) >= 11 is 12.9. The summed E-state index contributed by atoms with van der Waals surface area (Å²) in [6, 6.07) is 5.62. The molecular formula is C22H25Cl2N5O2. The van der Waals surface area contributed by atoms with Crippen molar-refractivity contribution in [2.45, 2.75) is 45.8 Å². The Morgan fingerprint density at radius 2 is 2.10 bits per heavy atom. The lowest BCUT2D eigenvalue weighted by molar-refractivity contribution is 0.0205. The molecule has 0 aliphatic carbocycles. The van der Waals surface area contributed by atoms with Crippen molar-refractivity contribution in [2.24, 2.45) is 11.1 Å². The Bertz CT molecular complexity index is 1110. The number of pyridine rings is 1. The monoisotopic (exact) mass is 461 g/mol. The van der Waals surface area contributed by atoms with E-state index in [2.05, 4.69) is 9.88 Å². The van der Waals surface area contributed by atoms with Crippen LogP contribution in [0.4, 0.5) is 10.6 Å². The maximum atomic E-state index is 11.6. The predicted octanol–water partition coefficient (Wildman–Crippen LogP) is 5.21. The Kier molecular flexibility index (Phi) is 5.75. The van der Waals surface area contributed by atoms with Crippen LogP contribution >= 0.6 is 23.2 Å². The molecule has 2 unspecified atom stereocenters. The summed E-state index contributed by atoms with van der Waals surface area (Å²) in [4.78, 5) is 22.9. The van der Waals surface area contributed by atoms with Gasteiger partial charge in [-0.3, -0.25) is 0 Å². The van der Waals surface area contributed by atoms with E-state index >= 15 is 0 Å². The van der Waals surface area contributed by atoms with Crippen molar-refractivity contribution >= 4 is 46.0 Å². The molecule has 1 saturated heterocycles. The first kappa shape index (κ1) is 21.7. The fraction of sp³-hybridized carbons (Fsp3) is 0.409. The van der Waals surface area contributed by atoms with Gasteiger partial charge in [0.2, 0.25) is 0 Å². The van der Waals surface area contributed by atoms with E-state index in [1.165, 1.54) is 0 Å². The molecule has 1 aliphatic heterocycles.